The van der Waals surface area contributed by atoms with E-state index >= 15 is 0 Å². The van der Waals surface area contributed by atoms with E-state index in [1.54, 1.807) is 4.57 Å². The zero-order valence-corrected chi connectivity index (χ0v) is 17.1. The Balaban J connectivity index is 1.93. The number of para-hydroxylation sites is 1. The molecule has 2 aromatic carbocycles. The summed E-state index contributed by atoms with van der Waals surface area (Å²) in [6.45, 7) is 7.87. The number of nitrogens with one attached hydrogen (secondary N) is 1. The lowest BCUT2D eigenvalue weighted by atomic mass is 10.0. The predicted molar refractivity (Wildman–Crippen MR) is 118 cm³/mol. The van der Waals surface area contributed by atoms with Crippen LogP contribution >= 0.6 is 0 Å². The van der Waals surface area contributed by atoms with E-state index in [-0.39, 0.29) is 11.6 Å². The minimum atomic E-state index is -0.138. The molecule has 5 heteroatoms. The zero-order valence-electron chi connectivity index (χ0n) is 17.1. The molecule has 0 aliphatic heterocycles. The van der Waals surface area contributed by atoms with Crippen molar-refractivity contribution in [2.24, 2.45) is 0 Å². The molecule has 4 aromatic rings. The van der Waals surface area contributed by atoms with E-state index in [9.17, 15) is 4.79 Å². The molecule has 0 saturated heterocycles. The highest BCUT2D eigenvalue weighted by molar-refractivity contribution is 5.85. The minimum Gasteiger partial charge on any atom is -0.362 e. The summed E-state index contributed by atoms with van der Waals surface area (Å²) in [6.07, 6.45) is 1.81. The van der Waals surface area contributed by atoms with E-state index in [1.165, 1.54) is 0 Å². The van der Waals surface area contributed by atoms with Crippen molar-refractivity contribution in [2.45, 2.75) is 33.7 Å². The van der Waals surface area contributed by atoms with Crippen molar-refractivity contribution in [3.63, 3.8) is 0 Å². The third kappa shape index (κ3) is 3.51. The summed E-state index contributed by atoms with van der Waals surface area (Å²) in [5.41, 5.74) is 3.67. The standard InChI is InChI=1S/C24H24N4O/c1-15-9-8-10-19-13-21(17(3)26-23-16(2)14-25-18(4)27-23)28(24(29)22(15)19)20-11-6-5-7-12-20/h5-14,17H,1-4H3,(H,25,26,27)/t17-/m0/s1. The summed E-state index contributed by atoms with van der Waals surface area (Å²) in [7, 11) is 0. The Kier molecular flexibility index (Phi) is 4.89. The van der Waals surface area contributed by atoms with Crippen LogP contribution in [-0.2, 0) is 0 Å². The van der Waals surface area contributed by atoms with Gasteiger partial charge >= 0.3 is 0 Å². The van der Waals surface area contributed by atoms with Crippen LogP contribution in [0.5, 0.6) is 0 Å². The number of rotatable bonds is 4. The van der Waals surface area contributed by atoms with E-state index in [2.05, 4.69) is 21.4 Å². The number of aryl methyl sites for hydroxylation is 3. The van der Waals surface area contributed by atoms with E-state index in [0.717, 1.165) is 39.1 Å². The lowest BCUT2D eigenvalue weighted by molar-refractivity contribution is 0.769. The Labute approximate surface area is 170 Å². The van der Waals surface area contributed by atoms with Crippen LogP contribution in [0.1, 0.15) is 35.6 Å². The molecular formula is C24H24N4O. The number of pyridine rings is 1. The van der Waals surface area contributed by atoms with Crippen molar-refractivity contribution in [3.8, 4) is 5.69 Å². The number of anilines is 1. The SMILES string of the molecule is Cc1ncc(C)c(N[C@@H](C)c2cc3cccc(C)c3c(=O)n2-c2ccccc2)n1. The van der Waals surface area contributed by atoms with Crippen LogP contribution in [0, 0.1) is 20.8 Å². The molecule has 0 aliphatic rings. The highest BCUT2D eigenvalue weighted by Crippen LogP contribution is 2.25. The van der Waals surface area contributed by atoms with Gasteiger partial charge < -0.3 is 5.32 Å². The van der Waals surface area contributed by atoms with Crippen LogP contribution in [0.4, 0.5) is 5.82 Å². The van der Waals surface area contributed by atoms with Gasteiger partial charge in [0.2, 0.25) is 0 Å². The van der Waals surface area contributed by atoms with Gasteiger partial charge in [-0.25, -0.2) is 9.97 Å². The predicted octanol–water partition coefficient (Wildman–Crippen LogP) is 4.88. The number of aromatic nitrogens is 3. The summed E-state index contributed by atoms with van der Waals surface area (Å²) in [4.78, 5) is 22.3. The molecule has 0 amide bonds. The summed E-state index contributed by atoms with van der Waals surface area (Å²) in [5, 5.41) is 5.17. The molecule has 29 heavy (non-hydrogen) atoms. The molecule has 0 aliphatic carbocycles. The van der Waals surface area contributed by atoms with Crippen LogP contribution in [0.25, 0.3) is 16.5 Å². The summed E-state index contributed by atoms with van der Waals surface area (Å²) < 4.78 is 1.80. The van der Waals surface area contributed by atoms with E-state index < -0.39 is 0 Å². The fraction of sp³-hybridized carbons (Fsp3) is 0.208. The van der Waals surface area contributed by atoms with Crippen LogP contribution < -0.4 is 10.9 Å². The van der Waals surface area contributed by atoms with Gasteiger partial charge in [-0.2, -0.15) is 0 Å². The maximum atomic E-state index is 13.6. The number of benzene rings is 2. The zero-order chi connectivity index (χ0) is 20.5. The molecular weight excluding hydrogens is 360 g/mol. The minimum absolute atomic E-state index is 0.00830. The second kappa shape index (κ2) is 7.51. The number of fused-ring (bicyclic) bond motifs is 1. The highest BCUT2D eigenvalue weighted by Gasteiger charge is 2.18. The van der Waals surface area contributed by atoms with Gasteiger partial charge in [-0.05, 0) is 56.8 Å². The van der Waals surface area contributed by atoms with E-state index in [1.807, 2.05) is 82.4 Å². The Bertz CT molecular complexity index is 1250. The molecule has 0 unspecified atom stereocenters. The molecule has 146 valence electrons. The smallest absolute Gasteiger partial charge is 0.263 e. The van der Waals surface area contributed by atoms with Crippen molar-refractivity contribution in [1.82, 2.24) is 14.5 Å². The molecule has 1 atom stereocenters. The van der Waals surface area contributed by atoms with Gasteiger partial charge in [0.05, 0.1) is 11.4 Å². The second-order valence-corrected chi connectivity index (χ2v) is 7.40. The van der Waals surface area contributed by atoms with Crippen molar-refractivity contribution in [3.05, 3.63) is 93.8 Å². The average molecular weight is 384 g/mol. The van der Waals surface area contributed by atoms with Crippen LogP contribution in [0.3, 0.4) is 0 Å². The Morgan fingerprint density at radius 2 is 1.72 bits per heavy atom. The molecule has 0 fully saturated rings. The lowest BCUT2D eigenvalue weighted by Crippen LogP contribution is -2.26. The first-order valence-corrected chi connectivity index (χ1v) is 9.73. The van der Waals surface area contributed by atoms with Gasteiger partial charge in [-0.15, -0.1) is 0 Å². The Morgan fingerprint density at radius 1 is 0.966 bits per heavy atom. The number of hydrogen-bond donors (Lipinski definition) is 1. The van der Waals surface area contributed by atoms with E-state index in [0.29, 0.717) is 5.82 Å². The first kappa shape index (κ1) is 18.9. The van der Waals surface area contributed by atoms with Crippen molar-refractivity contribution >= 4 is 16.6 Å². The van der Waals surface area contributed by atoms with Crippen molar-refractivity contribution in [2.75, 3.05) is 5.32 Å². The quantitative estimate of drug-likeness (QED) is 0.545. The third-order valence-electron chi connectivity index (χ3n) is 5.19. The molecule has 5 nitrogen and oxygen atoms in total. The molecule has 0 spiro atoms. The highest BCUT2D eigenvalue weighted by atomic mass is 16.1. The Morgan fingerprint density at radius 3 is 2.48 bits per heavy atom. The van der Waals surface area contributed by atoms with Crippen molar-refractivity contribution in [1.29, 1.82) is 0 Å². The first-order valence-electron chi connectivity index (χ1n) is 9.73. The van der Waals surface area contributed by atoms with Crippen LogP contribution in [0.15, 0.2) is 65.6 Å². The maximum Gasteiger partial charge on any atom is 0.263 e. The van der Waals surface area contributed by atoms with Gasteiger partial charge in [0.1, 0.15) is 11.6 Å². The molecule has 2 heterocycles. The molecule has 0 saturated carbocycles. The molecule has 2 aromatic heterocycles. The fourth-order valence-corrected chi connectivity index (χ4v) is 3.67. The fourth-order valence-electron chi connectivity index (χ4n) is 3.67. The van der Waals surface area contributed by atoms with E-state index in [4.69, 9.17) is 0 Å². The number of nitrogens with zero attached hydrogens (tertiary/aromatic N) is 3. The monoisotopic (exact) mass is 384 g/mol. The normalized spacial score (nSPS) is 12.1. The summed E-state index contributed by atoms with van der Waals surface area (Å²) in [6, 6.07) is 17.7. The van der Waals surface area contributed by atoms with Crippen molar-refractivity contribution < 1.29 is 0 Å². The maximum absolute atomic E-state index is 13.6. The number of hydrogen-bond acceptors (Lipinski definition) is 4. The van der Waals surface area contributed by atoms with Crippen LogP contribution in [0.2, 0.25) is 0 Å². The van der Waals surface area contributed by atoms with Gasteiger partial charge in [0.15, 0.2) is 0 Å². The second-order valence-electron chi connectivity index (χ2n) is 7.40. The molecule has 4 rings (SSSR count). The first-order chi connectivity index (χ1) is 14.0. The van der Waals surface area contributed by atoms with Crippen LogP contribution in [-0.4, -0.2) is 14.5 Å². The third-order valence-corrected chi connectivity index (χ3v) is 5.19. The molecule has 1 N–H and O–H groups in total. The molecule has 0 bridgehead atoms. The Hall–Kier alpha value is -3.47. The topological polar surface area (TPSA) is 59.8 Å². The van der Waals surface area contributed by atoms with Gasteiger partial charge in [0.25, 0.3) is 5.56 Å². The average Bonchev–Trinajstić information content (AvgIpc) is 2.71. The summed E-state index contributed by atoms with van der Waals surface area (Å²) >= 11 is 0. The van der Waals surface area contributed by atoms with Gasteiger partial charge in [-0.1, -0.05) is 36.4 Å². The van der Waals surface area contributed by atoms with Gasteiger partial charge in [0, 0.05) is 23.1 Å². The largest absolute Gasteiger partial charge is 0.362 e. The lowest BCUT2D eigenvalue weighted by Gasteiger charge is -2.22. The summed E-state index contributed by atoms with van der Waals surface area (Å²) in [5.74, 6) is 1.49. The van der Waals surface area contributed by atoms with Gasteiger partial charge in [-0.3, -0.25) is 9.36 Å². The molecule has 0 radical (unpaired) electrons.